The lowest BCUT2D eigenvalue weighted by molar-refractivity contribution is 1.32. The van der Waals surface area contributed by atoms with Crippen LogP contribution in [-0.4, -0.2) is 9.97 Å². The van der Waals surface area contributed by atoms with E-state index in [1.54, 1.807) is 24.8 Å². The second-order valence-corrected chi connectivity index (χ2v) is 4.39. The molecule has 0 unspecified atom stereocenters. The first-order chi connectivity index (χ1) is 9.86. The van der Waals surface area contributed by atoms with E-state index in [-0.39, 0.29) is 0 Å². The normalized spacial score (nSPS) is 9.95. The summed E-state index contributed by atoms with van der Waals surface area (Å²) < 4.78 is 0. The number of nitrogens with zero attached hydrogens (tertiary/aromatic N) is 3. The van der Waals surface area contributed by atoms with E-state index in [2.05, 4.69) is 22.1 Å². The predicted molar refractivity (Wildman–Crippen MR) is 77.6 cm³/mol. The number of aromatic nitrogens is 2. The van der Waals surface area contributed by atoms with Gasteiger partial charge in [0.2, 0.25) is 0 Å². The minimum absolute atomic E-state index is 0.630. The Labute approximate surface area is 117 Å². The summed E-state index contributed by atoms with van der Waals surface area (Å²) in [5.41, 5.74) is 4.58. The Morgan fingerprint density at radius 2 is 1.30 bits per heavy atom. The van der Waals surface area contributed by atoms with Crippen molar-refractivity contribution in [2.75, 3.05) is 0 Å². The quantitative estimate of drug-likeness (QED) is 0.703. The molecule has 0 radical (unpaired) electrons. The molecule has 94 valence electrons. The zero-order valence-electron chi connectivity index (χ0n) is 10.7. The lowest BCUT2D eigenvalue weighted by Crippen LogP contribution is -1.86. The fraction of sp³-hybridized carbons (Fsp3) is 0. The van der Waals surface area contributed by atoms with Crippen molar-refractivity contribution in [1.29, 1.82) is 5.26 Å². The van der Waals surface area contributed by atoms with E-state index in [0.717, 1.165) is 22.3 Å². The number of hydrogen-bond acceptors (Lipinski definition) is 3. The van der Waals surface area contributed by atoms with E-state index >= 15 is 0 Å². The van der Waals surface area contributed by atoms with Gasteiger partial charge in [0.1, 0.15) is 0 Å². The highest BCUT2D eigenvalue weighted by atomic mass is 14.6. The van der Waals surface area contributed by atoms with Crippen LogP contribution in [0, 0.1) is 11.3 Å². The Kier molecular flexibility index (Phi) is 3.22. The zero-order valence-corrected chi connectivity index (χ0v) is 10.7. The summed E-state index contributed by atoms with van der Waals surface area (Å²) in [7, 11) is 0. The zero-order chi connectivity index (χ0) is 13.8. The maximum absolute atomic E-state index is 9.20. The lowest BCUT2D eigenvalue weighted by Gasteiger charge is -2.06. The molecule has 0 saturated carbocycles. The second kappa shape index (κ2) is 5.33. The van der Waals surface area contributed by atoms with Gasteiger partial charge in [-0.1, -0.05) is 12.1 Å². The molecule has 0 saturated heterocycles. The minimum atomic E-state index is 0.630. The molecule has 0 amide bonds. The van der Waals surface area contributed by atoms with Gasteiger partial charge in [0.25, 0.3) is 0 Å². The van der Waals surface area contributed by atoms with Crippen LogP contribution < -0.4 is 0 Å². The van der Waals surface area contributed by atoms with Crippen molar-refractivity contribution in [3.8, 4) is 28.3 Å². The van der Waals surface area contributed by atoms with Gasteiger partial charge in [-0.2, -0.15) is 5.26 Å². The van der Waals surface area contributed by atoms with Gasteiger partial charge in [0.05, 0.1) is 11.6 Å². The van der Waals surface area contributed by atoms with E-state index in [0.29, 0.717) is 5.56 Å². The summed E-state index contributed by atoms with van der Waals surface area (Å²) >= 11 is 0. The van der Waals surface area contributed by atoms with Gasteiger partial charge in [-0.25, -0.2) is 0 Å². The molecule has 0 aliphatic rings. The molecule has 0 fully saturated rings. The summed E-state index contributed by atoms with van der Waals surface area (Å²) in [6, 6.07) is 15.7. The van der Waals surface area contributed by atoms with E-state index in [9.17, 15) is 5.26 Å². The summed E-state index contributed by atoms with van der Waals surface area (Å²) in [6.07, 6.45) is 7.06. The highest BCUT2D eigenvalue weighted by molar-refractivity contribution is 5.74. The first-order valence-corrected chi connectivity index (χ1v) is 6.23. The van der Waals surface area contributed by atoms with Crippen molar-refractivity contribution >= 4 is 0 Å². The molecular formula is C17H11N3. The average molecular weight is 257 g/mol. The third-order valence-corrected chi connectivity index (χ3v) is 3.05. The number of pyridine rings is 2. The standard InChI is InChI=1S/C17H11N3/c18-10-13-7-16(14-3-1-5-19-11-14)9-17(8-13)15-4-2-6-20-12-15/h1-9,11-12H. The van der Waals surface area contributed by atoms with Crippen LogP contribution in [0.4, 0.5) is 0 Å². The molecule has 0 N–H and O–H groups in total. The molecule has 0 aliphatic heterocycles. The summed E-state index contributed by atoms with van der Waals surface area (Å²) in [4.78, 5) is 8.25. The van der Waals surface area contributed by atoms with Gasteiger partial charge >= 0.3 is 0 Å². The van der Waals surface area contributed by atoms with E-state index < -0.39 is 0 Å². The smallest absolute Gasteiger partial charge is 0.0992 e. The van der Waals surface area contributed by atoms with Gasteiger partial charge in [-0.05, 0) is 41.5 Å². The van der Waals surface area contributed by atoms with Crippen LogP contribution in [-0.2, 0) is 0 Å². The number of benzene rings is 1. The topological polar surface area (TPSA) is 49.6 Å². The van der Waals surface area contributed by atoms with Gasteiger partial charge in [-0.15, -0.1) is 0 Å². The number of rotatable bonds is 2. The monoisotopic (exact) mass is 257 g/mol. The molecule has 1 aromatic carbocycles. The molecule has 0 bridgehead atoms. The van der Waals surface area contributed by atoms with E-state index in [4.69, 9.17) is 0 Å². The molecule has 0 atom stereocenters. The van der Waals surface area contributed by atoms with Gasteiger partial charge in [0.15, 0.2) is 0 Å². The van der Waals surface area contributed by atoms with Crippen LogP contribution in [0.2, 0.25) is 0 Å². The van der Waals surface area contributed by atoms with E-state index in [1.807, 2.05) is 36.4 Å². The van der Waals surface area contributed by atoms with Crippen LogP contribution in [0.1, 0.15) is 5.56 Å². The third-order valence-electron chi connectivity index (χ3n) is 3.05. The summed E-state index contributed by atoms with van der Waals surface area (Å²) in [5, 5.41) is 9.20. The molecule has 2 heterocycles. The van der Waals surface area contributed by atoms with Crippen molar-refractivity contribution in [1.82, 2.24) is 9.97 Å². The molecule has 3 nitrogen and oxygen atoms in total. The van der Waals surface area contributed by atoms with Crippen molar-refractivity contribution in [2.24, 2.45) is 0 Å². The average Bonchev–Trinajstić information content (AvgIpc) is 2.56. The maximum Gasteiger partial charge on any atom is 0.0992 e. The fourth-order valence-corrected chi connectivity index (χ4v) is 2.09. The molecule has 3 rings (SSSR count). The van der Waals surface area contributed by atoms with Crippen molar-refractivity contribution < 1.29 is 0 Å². The van der Waals surface area contributed by atoms with Gasteiger partial charge in [-0.3, -0.25) is 9.97 Å². The Hall–Kier alpha value is -2.99. The summed E-state index contributed by atoms with van der Waals surface area (Å²) in [6.45, 7) is 0. The first kappa shape index (κ1) is 12.1. The largest absolute Gasteiger partial charge is 0.264 e. The minimum Gasteiger partial charge on any atom is -0.264 e. The molecule has 2 aromatic heterocycles. The molecule has 20 heavy (non-hydrogen) atoms. The molecule has 3 aromatic rings. The van der Waals surface area contributed by atoms with Crippen LogP contribution in [0.5, 0.6) is 0 Å². The highest BCUT2D eigenvalue weighted by Gasteiger charge is 2.05. The Morgan fingerprint density at radius 3 is 1.70 bits per heavy atom. The SMILES string of the molecule is N#Cc1cc(-c2cccnc2)cc(-c2cccnc2)c1. The molecule has 0 aliphatic carbocycles. The van der Waals surface area contributed by atoms with Crippen LogP contribution in [0.3, 0.4) is 0 Å². The molecule has 0 spiro atoms. The van der Waals surface area contributed by atoms with Crippen molar-refractivity contribution in [2.45, 2.75) is 0 Å². The van der Waals surface area contributed by atoms with Crippen LogP contribution in [0.25, 0.3) is 22.3 Å². The second-order valence-electron chi connectivity index (χ2n) is 4.39. The summed E-state index contributed by atoms with van der Waals surface area (Å²) in [5.74, 6) is 0. The Morgan fingerprint density at radius 1 is 0.750 bits per heavy atom. The third kappa shape index (κ3) is 2.40. The Balaban J connectivity index is 2.16. The highest BCUT2D eigenvalue weighted by Crippen LogP contribution is 2.27. The lowest BCUT2D eigenvalue weighted by atomic mass is 9.98. The van der Waals surface area contributed by atoms with Crippen LogP contribution >= 0.6 is 0 Å². The molecule has 3 heteroatoms. The van der Waals surface area contributed by atoms with Gasteiger partial charge in [0, 0.05) is 35.9 Å². The van der Waals surface area contributed by atoms with Crippen molar-refractivity contribution in [3.05, 3.63) is 72.8 Å². The van der Waals surface area contributed by atoms with Gasteiger partial charge < -0.3 is 0 Å². The maximum atomic E-state index is 9.20. The van der Waals surface area contributed by atoms with E-state index in [1.165, 1.54) is 0 Å². The molecular weight excluding hydrogens is 246 g/mol. The Bertz CT molecular complexity index is 701. The first-order valence-electron chi connectivity index (χ1n) is 6.23. The predicted octanol–water partition coefficient (Wildman–Crippen LogP) is 3.68. The van der Waals surface area contributed by atoms with Crippen molar-refractivity contribution in [3.63, 3.8) is 0 Å². The number of hydrogen-bond donors (Lipinski definition) is 0. The number of nitriles is 1. The fourth-order valence-electron chi connectivity index (χ4n) is 2.09. The van der Waals surface area contributed by atoms with Crippen LogP contribution in [0.15, 0.2) is 67.3 Å².